The van der Waals surface area contributed by atoms with Crippen molar-refractivity contribution in [3.63, 3.8) is 0 Å². The first-order valence-electron chi connectivity index (χ1n) is 17.1. The molecular weight excluding hydrogens is 683 g/mol. The van der Waals surface area contributed by atoms with Gasteiger partial charge in [-0.15, -0.1) is 0 Å². The topological polar surface area (TPSA) is 181 Å². The van der Waals surface area contributed by atoms with Gasteiger partial charge >= 0.3 is 0 Å². The van der Waals surface area contributed by atoms with Gasteiger partial charge in [0.15, 0.2) is 23.2 Å². The number of amides is 1. The molecule has 1 aliphatic heterocycles. The van der Waals surface area contributed by atoms with Crippen LogP contribution in [0.3, 0.4) is 0 Å². The quantitative estimate of drug-likeness (QED) is 0.118. The SMILES string of the molecule is CCNC(=O)C[C@@H]1O[C@@H](n2cnc3c(NCC(c4ccccc4)c4ccccc4)nc(CNS(=O)(=O)c4cccc5ccccc45)nc32)[C@H](O)[C@@H]1O. The number of ether oxygens (including phenoxy) is 1. The van der Waals surface area contributed by atoms with Crippen molar-refractivity contribution in [1.29, 1.82) is 0 Å². The molecule has 7 rings (SSSR count). The zero-order valence-electron chi connectivity index (χ0n) is 28.3. The Morgan fingerprint density at radius 1 is 0.885 bits per heavy atom. The van der Waals surface area contributed by atoms with Crippen molar-refractivity contribution in [3.05, 3.63) is 126 Å². The molecule has 5 N–H and O–H groups in total. The number of sulfonamides is 1. The summed E-state index contributed by atoms with van der Waals surface area (Å²) in [7, 11) is -4.01. The van der Waals surface area contributed by atoms with E-state index < -0.39 is 34.6 Å². The summed E-state index contributed by atoms with van der Waals surface area (Å²) < 4.78 is 37.5. The number of aliphatic hydroxyl groups is 2. The molecule has 2 aromatic heterocycles. The number of aliphatic hydroxyl groups excluding tert-OH is 2. The van der Waals surface area contributed by atoms with Gasteiger partial charge < -0.3 is 25.6 Å². The lowest BCUT2D eigenvalue weighted by molar-refractivity contribution is -0.125. The molecule has 3 heterocycles. The molecule has 0 bridgehead atoms. The van der Waals surface area contributed by atoms with E-state index in [2.05, 4.69) is 49.6 Å². The number of carbonyl (C=O) groups is 1. The molecule has 0 unspecified atom stereocenters. The molecular formula is C38H39N7O6S. The predicted molar refractivity (Wildman–Crippen MR) is 196 cm³/mol. The second kappa shape index (κ2) is 15.2. The van der Waals surface area contributed by atoms with Crippen LogP contribution in [0.1, 0.15) is 42.4 Å². The third-order valence-electron chi connectivity index (χ3n) is 9.18. The zero-order chi connectivity index (χ0) is 36.2. The second-order valence-electron chi connectivity index (χ2n) is 12.6. The molecule has 1 saturated heterocycles. The number of carbonyl (C=O) groups excluding carboxylic acids is 1. The number of nitrogens with one attached hydrogen (secondary N) is 3. The number of imidazole rings is 1. The minimum absolute atomic E-state index is 0.0759. The lowest BCUT2D eigenvalue weighted by Gasteiger charge is -2.20. The summed E-state index contributed by atoms with van der Waals surface area (Å²) in [6, 6.07) is 32.4. The van der Waals surface area contributed by atoms with Gasteiger partial charge in [-0.25, -0.2) is 28.1 Å². The van der Waals surface area contributed by atoms with Crippen molar-refractivity contribution >= 4 is 43.7 Å². The van der Waals surface area contributed by atoms with Crippen molar-refractivity contribution in [2.75, 3.05) is 18.4 Å². The molecule has 4 atom stereocenters. The van der Waals surface area contributed by atoms with Gasteiger partial charge in [0.2, 0.25) is 15.9 Å². The van der Waals surface area contributed by atoms with Crippen molar-refractivity contribution in [3.8, 4) is 0 Å². The van der Waals surface area contributed by atoms with Gasteiger partial charge in [-0.2, -0.15) is 0 Å². The summed E-state index contributed by atoms with van der Waals surface area (Å²) >= 11 is 0. The molecule has 0 spiro atoms. The Bertz CT molecular complexity index is 2240. The average molecular weight is 722 g/mol. The molecule has 4 aromatic carbocycles. The molecule has 6 aromatic rings. The fraction of sp³-hybridized carbons (Fsp3) is 0.263. The van der Waals surface area contributed by atoms with E-state index in [1.165, 1.54) is 10.9 Å². The van der Waals surface area contributed by atoms with E-state index in [1.807, 2.05) is 54.6 Å². The van der Waals surface area contributed by atoms with E-state index in [4.69, 9.17) is 9.72 Å². The smallest absolute Gasteiger partial charge is 0.241 e. The highest BCUT2D eigenvalue weighted by Gasteiger charge is 2.45. The minimum Gasteiger partial charge on any atom is -0.388 e. The molecule has 1 aliphatic rings. The van der Waals surface area contributed by atoms with Crippen LogP contribution in [0, 0.1) is 0 Å². The van der Waals surface area contributed by atoms with Crippen molar-refractivity contribution in [2.24, 2.45) is 0 Å². The lowest BCUT2D eigenvalue weighted by atomic mass is 9.91. The van der Waals surface area contributed by atoms with Gasteiger partial charge in [-0.1, -0.05) is 97.1 Å². The van der Waals surface area contributed by atoms with Gasteiger partial charge in [-0.3, -0.25) is 9.36 Å². The molecule has 0 aliphatic carbocycles. The predicted octanol–water partition coefficient (Wildman–Crippen LogP) is 3.85. The van der Waals surface area contributed by atoms with Gasteiger partial charge in [0.05, 0.1) is 30.3 Å². The molecule has 14 heteroatoms. The van der Waals surface area contributed by atoms with Crippen LogP contribution in [0.2, 0.25) is 0 Å². The molecule has 268 valence electrons. The van der Waals surface area contributed by atoms with Crippen LogP contribution in [-0.4, -0.2) is 75.5 Å². The van der Waals surface area contributed by atoms with Gasteiger partial charge in [0.1, 0.15) is 18.0 Å². The van der Waals surface area contributed by atoms with Gasteiger partial charge in [0, 0.05) is 24.4 Å². The fourth-order valence-corrected chi connectivity index (χ4v) is 7.80. The van der Waals surface area contributed by atoms with Gasteiger partial charge in [-0.05, 0) is 29.5 Å². The van der Waals surface area contributed by atoms with Crippen molar-refractivity contribution < 1.29 is 28.2 Å². The molecule has 1 fully saturated rings. The van der Waals surface area contributed by atoms with Crippen molar-refractivity contribution in [2.45, 2.75) is 55.2 Å². The lowest BCUT2D eigenvalue weighted by Crippen LogP contribution is -2.35. The number of hydrogen-bond donors (Lipinski definition) is 5. The number of hydrogen-bond acceptors (Lipinski definition) is 10. The number of aromatic nitrogens is 4. The monoisotopic (exact) mass is 721 g/mol. The summed E-state index contributed by atoms with van der Waals surface area (Å²) in [4.78, 5) is 26.4. The molecule has 0 saturated carbocycles. The molecule has 1 amide bonds. The molecule has 13 nitrogen and oxygen atoms in total. The Kier molecular flexibility index (Phi) is 10.2. The maximum Gasteiger partial charge on any atom is 0.241 e. The van der Waals surface area contributed by atoms with Crippen molar-refractivity contribution in [1.82, 2.24) is 29.6 Å². The minimum atomic E-state index is -4.01. The van der Waals surface area contributed by atoms with E-state index in [1.54, 1.807) is 31.2 Å². The third kappa shape index (κ3) is 7.24. The maximum atomic E-state index is 13.7. The first-order chi connectivity index (χ1) is 25.2. The standard InChI is InChI=1S/C38H39N7O6S/c1-2-39-32(46)20-29-34(47)35(48)38(51-29)45-23-41-33-36(40-21-28(25-12-5-3-6-13-25)26-14-7-4-8-15-26)43-31(44-37(33)45)22-42-52(49,50)30-19-11-17-24-16-9-10-18-27(24)30/h3-19,23,28-29,34-35,38,42,47-48H,2,20-22H2,1H3,(H,39,46)(H,40,43,44)/t29-,34+,35+,38+/m0/s1. The van der Waals surface area contributed by atoms with Crippen LogP contribution in [0.5, 0.6) is 0 Å². The number of fused-ring (bicyclic) bond motifs is 2. The maximum absolute atomic E-state index is 13.7. The highest BCUT2D eigenvalue weighted by molar-refractivity contribution is 7.89. The number of benzene rings is 4. The van der Waals surface area contributed by atoms with Crippen LogP contribution < -0.4 is 15.4 Å². The van der Waals surface area contributed by atoms with Crippen LogP contribution >= 0.6 is 0 Å². The number of anilines is 1. The first kappa shape index (κ1) is 35.2. The normalized spacial score (nSPS) is 19.0. The zero-order valence-corrected chi connectivity index (χ0v) is 29.1. The van der Waals surface area contributed by atoms with E-state index in [-0.39, 0.29) is 41.2 Å². The molecule has 0 radical (unpaired) electrons. The highest BCUT2D eigenvalue weighted by Crippen LogP contribution is 2.34. The Morgan fingerprint density at radius 3 is 2.27 bits per heavy atom. The second-order valence-corrected chi connectivity index (χ2v) is 14.3. The summed E-state index contributed by atoms with van der Waals surface area (Å²) in [5, 5.41) is 29.4. The van der Waals surface area contributed by atoms with Crippen LogP contribution in [0.25, 0.3) is 21.9 Å². The number of nitrogens with zero attached hydrogens (tertiary/aromatic N) is 4. The third-order valence-corrected chi connectivity index (χ3v) is 10.6. The fourth-order valence-electron chi connectivity index (χ4n) is 6.59. The molecule has 52 heavy (non-hydrogen) atoms. The summed E-state index contributed by atoms with van der Waals surface area (Å²) in [6.45, 7) is 2.34. The average Bonchev–Trinajstić information content (AvgIpc) is 3.71. The Hall–Kier alpha value is -5.25. The van der Waals surface area contributed by atoms with E-state index >= 15 is 0 Å². The van der Waals surface area contributed by atoms with E-state index in [0.29, 0.717) is 29.8 Å². The first-order valence-corrected chi connectivity index (χ1v) is 18.5. The summed E-state index contributed by atoms with van der Waals surface area (Å²) in [6.07, 6.45) is -3.60. The van der Waals surface area contributed by atoms with E-state index in [9.17, 15) is 23.4 Å². The Labute approximate surface area is 300 Å². The number of rotatable bonds is 13. The Balaban J connectivity index is 1.24. The largest absolute Gasteiger partial charge is 0.388 e. The van der Waals surface area contributed by atoms with E-state index in [0.717, 1.165) is 16.5 Å². The summed E-state index contributed by atoms with van der Waals surface area (Å²) in [5.74, 6) is 0.0687. The van der Waals surface area contributed by atoms with Gasteiger partial charge in [0.25, 0.3) is 0 Å². The van der Waals surface area contributed by atoms with Crippen LogP contribution in [0.15, 0.2) is 114 Å². The Morgan fingerprint density at radius 2 is 1.56 bits per heavy atom. The van der Waals surface area contributed by atoms with Crippen LogP contribution in [0.4, 0.5) is 5.82 Å². The van der Waals surface area contributed by atoms with Crippen LogP contribution in [-0.2, 0) is 26.1 Å². The summed E-state index contributed by atoms with van der Waals surface area (Å²) in [5.41, 5.74) is 2.74. The highest BCUT2D eigenvalue weighted by atomic mass is 32.2.